The van der Waals surface area contributed by atoms with Gasteiger partial charge in [-0.15, -0.1) is 0 Å². The van der Waals surface area contributed by atoms with Gasteiger partial charge >= 0.3 is 0 Å². The van der Waals surface area contributed by atoms with E-state index in [4.69, 9.17) is 0 Å². The third kappa shape index (κ3) is 11.1. The summed E-state index contributed by atoms with van der Waals surface area (Å²) in [6.45, 7) is 18.0. The first-order valence-corrected chi connectivity index (χ1v) is 36.4. The molecule has 0 bridgehead atoms. The molecule has 103 heavy (non-hydrogen) atoms. The lowest BCUT2D eigenvalue weighted by molar-refractivity contribution is 0.263. The summed E-state index contributed by atoms with van der Waals surface area (Å²) in [6.07, 6.45) is 14.0. The lowest BCUT2D eigenvalue weighted by Gasteiger charge is -2.34. The molecule has 13 aromatic rings. The predicted octanol–water partition coefficient (Wildman–Crippen LogP) is 25.0. The average molecular weight is 1330 g/mol. The van der Waals surface area contributed by atoms with Gasteiger partial charge in [-0.2, -0.15) is 0 Å². The molecular formula is C97H84N6. The first kappa shape index (κ1) is 64.3. The summed E-state index contributed by atoms with van der Waals surface area (Å²) < 4.78 is 0. The van der Waals surface area contributed by atoms with E-state index in [9.17, 15) is 0 Å². The molecule has 0 spiro atoms. The van der Waals surface area contributed by atoms with E-state index in [2.05, 4.69) is 414 Å². The van der Waals surface area contributed by atoms with Crippen LogP contribution in [-0.4, -0.2) is 41.4 Å². The van der Waals surface area contributed by atoms with Gasteiger partial charge in [0.2, 0.25) is 0 Å². The number of nitrogens with zero attached hydrogens (tertiary/aromatic N) is 6. The first-order valence-electron chi connectivity index (χ1n) is 36.4. The number of aryl methyl sites for hydroxylation is 3. The Balaban J connectivity index is 0.000000115. The standard InChI is InChI=1S/C35H28N2.C32H30N2.C30H26N2/c1-24-22-33-31-18-10-8-16-29(31)27-14-6-7-15-28(27)30-17-9-11-19-32(30)34(33)23-35(24)37-21-20-36(25(37)2)26-12-4-3-5-13-26;1-21(2)33-17-18-34(23(33)4)32-20-31-29-16-10-8-14-27(29)25-12-6-5-11-24(25)26-13-7-9-15-28(26)30(31)19-22(32)3;1-20-18-28-26-14-8-6-12-24(26)22-10-4-5-11-23(22)25-13-7-9-15-27(25)29(28)19-30(20)32-17-16-31(3)21(32)2/h3-23,25H,1-2H3;5-21,23H,1-4H3;4-19,21H,1-3H3/t25-;23-;21-/m000/s1. The third-order valence-corrected chi connectivity index (χ3v) is 22.2. The molecule has 0 N–H and O–H groups in total. The van der Waals surface area contributed by atoms with Crippen LogP contribution in [0.1, 0.15) is 51.3 Å². The van der Waals surface area contributed by atoms with Gasteiger partial charge in [0.15, 0.2) is 0 Å². The largest absolute Gasteiger partial charge is 0.359 e. The number of fused-ring (bicyclic) bond motifs is 24. The van der Waals surface area contributed by atoms with Crippen molar-refractivity contribution in [1.29, 1.82) is 0 Å². The van der Waals surface area contributed by atoms with Gasteiger partial charge in [-0.1, -0.05) is 237 Å². The SMILES string of the molecule is Cc1cc2c(cc1N1C=CN(C(C)C)[C@@H]1C)-c1ccccc1-c1ccccc1-c1ccccc1-2.Cc1cc2c(cc1N1C=CN(C)[C@@H]1C)-c1ccccc1-c1ccccc1-c1ccccc1-2.Cc1cc2c(cc1N1C=CN(c3ccccc3)[C@@H]1C)-c1ccccc1-c1ccccc1-c1ccccc1-2. The lowest BCUT2D eigenvalue weighted by atomic mass is 9.80. The number of rotatable bonds is 5. The number of para-hydroxylation sites is 1. The van der Waals surface area contributed by atoms with E-state index in [1.54, 1.807) is 0 Å². The maximum Gasteiger partial charge on any atom is 0.107 e. The maximum absolute atomic E-state index is 2.42. The van der Waals surface area contributed by atoms with Crippen molar-refractivity contribution in [2.75, 3.05) is 26.6 Å². The van der Waals surface area contributed by atoms with Crippen molar-refractivity contribution >= 4 is 22.7 Å². The quantitative estimate of drug-likeness (QED) is 0.170. The van der Waals surface area contributed by atoms with Crippen molar-refractivity contribution in [3.05, 3.63) is 339 Å². The molecule has 502 valence electrons. The molecule has 0 radical (unpaired) electrons. The van der Waals surface area contributed by atoms with Gasteiger partial charge in [-0.25, -0.2) is 0 Å². The normalized spacial score (nSPS) is 15.8. The molecule has 0 saturated heterocycles. The molecule has 0 saturated carbocycles. The zero-order valence-corrected chi connectivity index (χ0v) is 60.1. The molecule has 0 fully saturated rings. The Morgan fingerprint density at radius 2 is 0.437 bits per heavy atom. The molecule has 6 nitrogen and oxygen atoms in total. The number of hydrogen-bond acceptors (Lipinski definition) is 6. The Bertz CT molecular complexity index is 5560. The van der Waals surface area contributed by atoms with Crippen molar-refractivity contribution in [3.8, 4) is 134 Å². The second-order valence-corrected chi connectivity index (χ2v) is 28.4. The van der Waals surface area contributed by atoms with E-state index < -0.39 is 0 Å². The molecule has 3 atom stereocenters. The van der Waals surface area contributed by atoms with Crippen LogP contribution in [0.2, 0.25) is 0 Å². The minimum atomic E-state index is 0.177. The van der Waals surface area contributed by atoms with Crippen molar-refractivity contribution < 1.29 is 0 Å². The first-order chi connectivity index (χ1) is 50.4. The maximum atomic E-state index is 2.42. The van der Waals surface area contributed by atoms with Crippen molar-refractivity contribution in [1.82, 2.24) is 9.80 Å². The van der Waals surface area contributed by atoms with Crippen LogP contribution >= 0.6 is 0 Å². The van der Waals surface area contributed by atoms with Crippen molar-refractivity contribution in [2.45, 2.75) is 79.9 Å². The highest BCUT2D eigenvalue weighted by molar-refractivity contribution is 6.07. The summed E-state index contributed by atoms with van der Waals surface area (Å²) in [5.41, 5.74) is 39.7. The van der Waals surface area contributed by atoms with Crippen LogP contribution in [0.4, 0.5) is 22.7 Å². The fourth-order valence-electron chi connectivity index (χ4n) is 16.9. The van der Waals surface area contributed by atoms with Crippen LogP contribution in [0.3, 0.4) is 0 Å². The van der Waals surface area contributed by atoms with Crippen LogP contribution in [0.25, 0.3) is 134 Å². The van der Waals surface area contributed by atoms with E-state index in [-0.39, 0.29) is 12.3 Å². The summed E-state index contributed by atoms with van der Waals surface area (Å²) in [6, 6.07) is 105. The average Bonchev–Trinajstić information content (AvgIpc) is 1.40. The number of hydrogen-bond donors (Lipinski definition) is 0. The van der Waals surface area contributed by atoms with Gasteiger partial charge in [0.1, 0.15) is 18.5 Å². The van der Waals surface area contributed by atoms with Crippen molar-refractivity contribution in [2.24, 2.45) is 0 Å². The summed E-state index contributed by atoms with van der Waals surface area (Å²) >= 11 is 0. The van der Waals surface area contributed by atoms with E-state index in [0.717, 1.165) is 0 Å². The van der Waals surface area contributed by atoms with E-state index >= 15 is 0 Å². The molecular weight excluding hydrogens is 1250 g/mol. The van der Waals surface area contributed by atoms with Gasteiger partial charge < -0.3 is 29.4 Å². The van der Waals surface area contributed by atoms with Crippen molar-refractivity contribution in [3.63, 3.8) is 0 Å². The summed E-state index contributed by atoms with van der Waals surface area (Å²) in [5, 5.41) is 0. The molecule has 13 aromatic carbocycles. The Morgan fingerprint density at radius 3 is 0.689 bits per heavy atom. The van der Waals surface area contributed by atoms with Gasteiger partial charge in [-0.3, -0.25) is 0 Å². The number of benzene rings is 13. The molecule has 6 heteroatoms. The topological polar surface area (TPSA) is 19.4 Å². The van der Waals surface area contributed by atoms with Crippen LogP contribution in [0.5, 0.6) is 0 Å². The van der Waals surface area contributed by atoms with E-state index in [1.807, 2.05) is 0 Å². The molecule has 0 amide bonds. The second-order valence-electron chi connectivity index (χ2n) is 28.4. The zero-order chi connectivity index (χ0) is 70.1. The molecule has 19 rings (SSSR count). The fraction of sp³-hybridized carbons (Fsp3) is 0.134. The van der Waals surface area contributed by atoms with Crippen LogP contribution in [0, 0.1) is 20.8 Å². The Kier molecular flexibility index (Phi) is 16.5. The highest BCUT2D eigenvalue weighted by atomic mass is 15.4. The fourth-order valence-corrected chi connectivity index (χ4v) is 16.9. The summed E-state index contributed by atoms with van der Waals surface area (Å²) in [4.78, 5) is 14.2. The Morgan fingerprint density at radius 1 is 0.223 bits per heavy atom. The number of anilines is 4. The van der Waals surface area contributed by atoms with Crippen LogP contribution in [0.15, 0.2) is 322 Å². The Hall–Kier alpha value is -12.1. The third-order valence-electron chi connectivity index (χ3n) is 22.2. The van der Waals surface area contributed by atoms with E-state index in [0.29, 0.717) is 12.2 Å². The molecule has 3 heterocycles. The van der Waals surface area contributed by atoms with Gasteiger partial charge in [0, 0.05) is 73.0 Å². The molecule has 0 aromatic heterocycles. The smallest absolute Gasteiger partial charge is 0.107 e. The molecule has 3 aliphatic heterocycles. The lowest BCUT2D eigenvalue weighted by Crippen LogP contribution is -2.39. The highest BCUT2D eigenvalue weighted by Crippen LogP contribution is 2.54. The highest BCUT2D eigenvalue weighted by Gasteiger charge is 2.33. The molecule has 6 aliphatic rings. The minimum absolute atomic E-state index is 0.177. The summed E-state index contributed by atoms with van der Waals surface area (Å²) in [5.74, 6) is 0. The summed E-state index contributed by atoms with van der Waals surface area (Å²) in [7, 11) is 2.13. The molecule has 3 aliphatic carbocycles. The van der Waals surface area contributed by atoms with Gasteiger partial charge in [0.05, 0.1) is 0 Å². The van der Waals surface area contributed by atoms with Gasteiger partial charge in [-0.05, 0) is 254 Å². The predicted molar refractivity (Wildman–Crippen MR) is 436 cm³/mol. The monoisotopic (exact) mass is 1330 g/mol. The van der Waals surface area contributed by atoms with E-state index in [1.165, 1.54) is 173 Å². The zero-order valence-electron chi connectivity index (χ0n) is 60.1. The van der Waals surface area contributed by atoms with Gasteiger partial charge in [0.25, 0.3) is 0 Å². The Labute approximate surface area is 608 Å². The van der Waals surface area contributed by atoms with Crippen LogP contribution < -0.4 is 19.6 Å². The van der Waals surface area contributed by atoms with Crippen LogP contribution in [-0.2, 0) is 0 Å². The molecule has 0 unspecified atom stereocenters. The second kappa shape index (κ2) is 26.4. The minimum Gasteiger partial charge on any atom is -0.359 e.